The molecule has 1 heterocycles. The zero-order valence-corrected chi connectivity index (χ0v) is 13.7. The van der Waals surface area contributed by atoms with Crippen LogP contribution in [0.1, 0.15) is 44.9 Å². The number of halogens is 1. The van der Waals surface area contributed by atoms with Crippen LogP contribution < -0.4 is 15.4 Å². The Labute approximate surface area is 138 Å². The van der Waals surface area contributed by atoms with Crippen LogP contribution in [0, 0.1) is 0 Å². The molecule has 1 aliphatic carbocycles. The van der Waals surface area contributed by atoms with E-state index in [4.69, 9.17) is 4.74 Å². The maximum atomic E-state index is 12.2. The van der Waals surface area contributed by atoms with Crippen LogP contribution in [0.3, 0.4) is 0 Å². The van der Waals surface area contributed by atoms with Gasteiger partial charge in [-0.2, -0.15) is 0 Å². The first kappa shape index (κ1) is 17.1. The van der Waals surface area contributed by atoms with E-state index in [2.05, 4.69) is 10.6 Å². The summed E-state index contributed by atoms with van der Waals surface area (Å²) in [6.45, 7) is 0.933. The topological polar surface area (TPSA) is 50.4 Å². The fourth-order valence-electron chi connectivity index (χ4n) is 3.15. The number of piperidine rings is 1. The zero-order valence-electron chi connectivity index (χ0n) is 12.8. The van der Waals surface area contributed by atoms with Gasteiger partial charge in [0, 0.05) is 11.8 Å². The first-order valence-electron chi connectivity index (χ1n) is 8.12. The minimum atomic E-state index is -0.0573. The third-order valence-corrected chi connectivity index (χ3v) is 4.33. The first-order chi connectivity index (χ1) is 10.3. The van der Waals surface area contributed by atoms with Gasteiger partial charge in [0.05, 0.1) is 12.1 Å². The third kappa shape index (κ3) is 4.62. The molecule has 2 N–H and O–H groups in total. The van der Waals surface area contributed by atoms with Crippen LogP contribution in [-0.4, -0.2) is 24.6 Å². The van der Waals surface area contributed by atoms with E-state index in [9.17, 15) is 4.79 Å². The molecule has 1 aliphatic heterocycles. The number of carbonyl (C=O) groups excluding carboxylic acids is 1. The second kappa shape index (κ2) is 8.39. The summed E-state index contributed by atoms with van der Waals surface area (Å²) in [7, 11) is 0. The van der Waals surface area contributed by atoms with Crippen molar-refractivity contribution in [3.63, 3.8) is 0 Å². The van der Waals surface area contributed by atoms with Gasteiger partial charge in [0.1, 0.15) is 5.75 Å². The largest absolute Gasteiger partial charge is 0.490 e. The summed E-state index contributed by atoms with van der Waals surface area (Å²) in [6, 6.07) is 7.70. The van der Waals surface area contributed by atoms with E-state index in [-0.39, 0.29) is 24.4 Å². The summed E-state index contributed by atoms with van der Waals surface area (Å²) in [5, 5.41) is 6.26. The van der Waals surface area contributed by atoms with Crippen molar-refractivity contribution in [1.82, 2.24) is 5.32 Å². The molecule has 2 aliphatic rings. The van der Waals surface area contributed by atoms with Gasteiger partial charge in [-0.25, -0.2) is 0 Å². The van der Waals surface area contributed by atoms with E-state index in [1.165, 1.54) is 12.8 Å². The Hall–Kier alpha value is -1.26. The van der Waals surface area contributed by atoms with Crippen molar-refractivity contribution in [3.05, 3.63) is 24.3 Å². The molecule has 1 saturated carbocycles. The molecule has 5 heteroatoms. The number of ether oxygens (including phenoxy) is 1. The number of rotatable bonds is 4. The summed E-state index contributed by atoms with van der Waals surface area (Å²) in [5.41, 5.74) is 0.822. The van der Waals surface area contributed by atoms with E-state index < -0.39 is 0 Å². The van der Waals surface area contributed by atoms with E-state index in [1.54, 1.807) is 0 Å². The molecule has 3 rings (SSSR count). The molecule has 122 valence electrons. The number of carbonyl (C=O) groups is 1. The highest BCUT2D eigenvalue weighted by atomic mass is 35.5. The average Bonchev–Trinajstić information content (AvgIpc) is 3.01. The lowest BCUT2D eigenvalue weighted by molar-refractivity contribution is -0.118. The van der Waals surface area contributed by atoms with Crippen molar-refractivity contribution in [2.45, 2.75) is 57.1 Å². The number of amides is 1. The fourth-order valence-corrected chi connectivity index (χ4v) is 3.15. The summed E-state index contributed by atoms with van der Waals surface area (Å²) >= 11 is 0. The highest BCUT2D eigenvalue weighted by molar-refractivity contribution is 5.95. The van der Waals surface area contributed by atoms with Gasteiger partial charge >= 0.3 is 0 Å². The van der Waals surface area contributed by atoms with Crippen molar-refractivity contribution in [3.8, 4) is 5.75 Å². The maximum absolute atomic E-state index is 12.2. The predicted octanol–water partition coefficient (Wildman–Crippen LogP) is 3.51. The zero-order chi connectivity index (χ0) is 14.5. The summed E-state index contributed by atoms with van der Waals surface area (Å²) in [4.78, 5) is 12.2. The van der Waals surface area contributed by atoms with Crippen LogP contribution >= 0.6 is 12.4 Å². The van der Waals surface area contributed by atoms with Gasteiger partial charge in [-0.15, -0.1) is 12.4 Å². The number of hydrogen-bond donors (Lipinski definition) is 2. The van der Waals surface area contributed by atoms with E-state index >= 15 is 0 Å². The maximum Gasteiger partial charge on any atom is 0.241 e. The normalized spacial score (nSPS) is 21.9. The highest BCUT2D eigenvalue weighted by Gasteiger charge is 2.21. The van der Waals surface area contributed by atoms with Gasteiger partial charge < -0.3 is 15.4 Å². The Morgan fingerprint density at radius 3 is 2.64 bits per heavy atom. The van der Waals surface area contributed by atoms with Crippen LogP contribution in [0.25, 0.3) is 0 Å². The minimum Gasteiger partial charge on any atom is -0.490 e. The molecular formula is C17H25ClN2O2. The van der Waals surface area contributed by atoms with Crippen molar-refractivity contribution in [2.24, 2.45) is 0 Å². The van der Waals surface area contributed by atoms with Gasteiger partial charge in [-0.1, -0.05) is 12.5 Å². The Morgan fingerprint density at radius 1 is 1.14 bits per heavy atom. The monoisotopic (exact) mass is 324 g/mol. The molecule has 0 spiro atoms. The molecule has 1 amide bonds. The standard InChI is InChI=1S/C17H24N2O2.ClH/c20-17(16-10-3-4-11-18-16)19-13-6-5-9-15(12-13)21-14-7-1-2-8-14;/h5-6,9,12,14,16,18H,1-4,7-8,10-11H2,(H,19,20);1H. The van der Waals surface area contributed by atoms with Crippen molar-refractivity contribution >= 4 is 24.0 Å². The fraction of sp³-hybridized carbons (Fsp3) is 0.588. The third-order valence-electron chi connectivity index (χ3n) is 4.33. The van der Waals surface area contributed by atoms with Gasteiger partial charge in [0.25, 0.3) is 0 Å². The van der Waals surface area contributed by atoms with Crippen LogP contribution in [0.2, 0.25) is 0 Å². The molecule has 1 unspecified atom stereocenters. The van der Waals surface area contributed by atoms with Crippen LogP contribution in [0.4, 0.5) is 5.69 Å². The Bertz CT molecular complexity index is 483. The van der Waals surface area contributed by atoms with Gasteiger partial charge in [0.2, 0.25) is 5.91 Å². The minimum absolute atomic E-state index is 0. The molecule has 2 fully saturated rings. The Morgan fingerprint density at radius 2 is 1.91 bits per heavy atom. The average molecular weight is 325 g/mol. The quantitative estimate of drug-likeness (QED) is 0.891. The van der Waals surface area contributed by atoms with Crippen LogP contribution in [0.5, 0.6) is 5.75 Å². The highest BCUT2D eigenvalue weighted by Crippen LogP contribution is 2.26. The van der Waals surface area contributed by atoms with Crippen LogP contribution in [-0.2, 0) is 4.79 Å². The molecule has 1 atom stereocenters. The van der Waals surface area contributed by atoms with E-state index in [1.807, 2.05) is 24.3 Å². The number of nitrogens with one attached hydrogen (secondary N) is 2. The summed E-state index contributed by atoms with van der Waals surface area (Å²) < 4.78 is 5.98. The molecular weight excluding hydrogens is 300 g/mol. The van der Waals surface area contributed by atoms with E-state index in [0.29, 0.717) is 6.10 Å². The SMILES string of the molecule is Cl.O=C(Nc1cccc(OC2CCCC2)c1)C1CCCCN1. The Balaban J connectivity index is 0.00000176. The second-order valence-electron chi connectivity index (χ2n) is 6.04. The molecule has 0 bridgehead atoms. The molecule has 1 saturated heterocycles. The van der Waals surface area contributed by atoms with Gasteiger partial charge in [0.15, 0.2) is 0 Å². The molecule has 0 radical (unpaired) electrons. The number of anilines is 1. The lowest BCUT2D eigenvalue weighted by atomic mass is 10.0. The lowest BCUT2D eigenvalue weighted by Gasteiger charge is -2.22. The van der Waals surface area contributed by atoms with Crippen LogP contribution in [0.15, 0.2) is 24.3 Å². The van der Waals surface area contributed by atoms with Gasteiger partial charge in [-0.3, -0.25) is 4.79 Å². The summed E-state index contributed by atoms with van der Waals surface area (Å²) in [6.07, 6.45) is 8.35. The first-order valence-corrected chi connectivity index (χ1v) is 8.12. The molecule has 0 aromatic heterocycles. The Kier molecular flexibility index (Phi) is 6.52. The number of benzene rings is 1. The molecule has 22 heavy (non-hydrogen) atoms. The molecule has 1 aromatic carbocycles. The predicted molar refractivity (Wildman–Crippen MR) is 90.8 cm³/mol. The van der Waals surface area contributed by atoms with Crippen molar-refractivity contribution < 1.29 is 9.53 Å². The van der Waals surface area contributed by atoms with Crippen molar-refractivity contribution in [2.75, 3.05) is 11.9 Å². The molecule has 1 aromatic rings. The smallest absolute Gasteiger partial charge is 0.241 e. The number of hydrogen-bond acceptors (Lipinski definition) is 3. The summed E-state index contributed by atoms with van der Waals surface area (Å²) in [5.74, 6) is 0.920. The van der Waals surface area contributed by atoms with Crippen molar-refractivity contribution in [1.29, 1.82) is 0 Å². The molecule has 4 nitrogen and oxygen atoms in total. The second-order valence-corrected chi connectivity index (χ2v) is 6.04. The lowest BCUT2D eigenvalue weighted by Crippen LogP contribution is -2.43. The van der Waals surface area contributed by atoms with Gasteiger partial charge in [-0.05, 0) is 57.2 Å². The van der Waals surface area contributed by atoms with E-state index in [0.717, 1.165) is 50.1 Å².